The molecule has 6 nitrogen and oxygen atoms in total. The van der Waals surface area contributed by atoms with Gasteiger partial charge in [0.2, 0.25) is 0 Å². The molecule has 0 bridgehead atoms. The van der Waals surface area contributed by atoms with Crippen molar-refractivity contribution in [3.63, 3.8) is 0 Å². The summed E-state index contributed by atoms with van der Waals surface area (Å²) < 4.78 is 0. The van der Waals surface area contributed by atoms with Crippen LogP contribution < -0.4 is 5.43 Å². The van der Waals surface area contributed by atoms with E-state index in [-0.39, 0.29) is 11.3 Å². The van der Waals surface area contributed by atoms with Gasteiger partial charge in [0.1, 0.15) is 5.56 Å². The molecule has 0 heterocycles. The molecule has 1 aliphatic carbocycles. The Balaban J connectivity index is 2.18. The summed E-state index contributed by atoms with van der Waals surface area (Å²) in [6, 6.07) is 5.81. The van der Waals surface area contributed by atoms with E-state index in [9.17, 15) is 14.9 Å². The van der Waals surface area contributed by atoms with Crippen molar-refractivity contribution in [2.24, 2.45) is 11.0 Å². The molecule has 0 saturated carbocycles. The normalized spacial score (nSPS) is 19.1. The Hall–Kier alpha value is -2.76. The molecular weight excluding hydrogens is 294 g/mol. The van der Waals surface area contributed by atoms with Gasteiger partial charge in [-0.15, -0.1) is 0 Å². The van der Waals surface area contributed by atoms with Crippen molar-refractivity contribution < 1.29 is 9.72 Å². The summed E-state index contributed by atoms with van der Waals surface area (Å²) >= 11 is 0. The number of nitro benzene ring substituents is 1. The van der Waals surface area contributed by atoms with Crippen LogP contribution in [0.25, 0.3) is 0 Å². The largest absolute Gasteiger partial charge is 0.282 e. The lowest BCUT2D eigenvalue weighted by atomic mass is 9.85. The Morgan fingerprint density at radius 2 is 2.13 bits per heavy atom. The van der Waals surface area contributed by atoms with Crippen LogP contribution in [0.3, 0.4) is 0 Å². The minimum Gasteiger partial charge on any atom is -0.267 e. The summed E-state index contributed by atoms with van der Waals surface area (Å²) in [6.07, 6.45) is 3.69. The second-order valence-corrected chi connectivity index (χ2v) is 5.64. The highest BCUT2D eigenvalue weighted by Crippen LogP contribution is 2.26. The lowest BCUT2D eigenvalue weighted by Gasteiger charge is -2.22. The number of rotatable bonds is 4. The summed E-state index contributed by atoms with van der Waals surface area (Å²) in [4.78, 5) is 22.6. The van der Waals surface area contributed by atoms with Gasteiger partial charge in [-0.1, -0.05) is 30.4 Å². The third-order valence-electron chi connectivity index (χ3n) is 3.94. The van der Waals surface area contributed by atoms with E-state index in [0.717, 1.165) is 23.3 Å². The van der Waals surface area contributed by atoms with E-state index in [1.165, 1.54) is 18.2 Å². The van der Waals surface area contributed by atoms with Crippen LogP contribution in [0.15, 0.2) is 53.2 Å². The molecule has 0 aliphatic heterocycles. The van der Waals surface area contributed by atoms with Crippen LogP contribution in [0.4, 0.5) is 5.69 Å². The van der Waals surface area contributed by atoms with Crippen LogP contribution in [-0.2, 0) is 0 Å². The first-order valence-corrected chi connectivity index (χ1v) is 7.33. The van der Waals surface area contributed by atoms with Gasteiger partial charge in [0.05, 0.1) is 10.6 Å². The number of allylic oxidation sites excluding steroid dienone is 3. The number of hydrogen-bond acceptors (Lipinski definition) is 4. The number of hydrazone groups is 1. The highest BCUT2D eigenvalue weighted by Gasteiger charge is 2.21. The average molecular weight is 313 g/mol. The monoisotopic (exact) mass is 313 g/mol. The molecule has 1 aromatic carbocycles. The van der Waals surface area contributed by atoms with Crippen LogP contribution >= 0.6 is 0 Å². The predicted octanol–water partition coefficient (Wildman–Crippen LogP) is 3.61. The van der Waals surface area contributed by atoms with Crippen LogP contribution in [-0.4, -0.2) is 16.5 Å². The van der Waals surface area contributed by atoms with Gasteiger partial charge >= 0.3 is 0 Å². The molecule has 1 N–H and O–H groups in total. The van der Waals surface area contributed by atoms with Crippen LogP contribution in [0.1, 0.15) is 37.0 Å². The first kappa shape index (κ1) is 16.6. The number of amides is 1. The molecule has 0 spiro atoms. The summed E-state index contributed by atoms with van der Waals surface area (Å²) in [7, 11) is 0. The maximum absolute atomic E-state index is 12.2. The van der Waals surface area contributed by atoms with E-state index >= 15 is 0 Å². The quantitative estimate of drug-likeness (QED) is 0.523. The zero-order valence-electron chi connectivity index (χ0n) is 13.2. The van der Waals surface area contributed by atoms with E-state index in [0.29, 0.717) is 12.3 Å². The van der Waals surface area contributed by atoms with Crippen molar-refractivity contribution in [3.8, 4) is 0 Å². The zero-order chi connectivity index (χ0) is 17.0. The number of nitrogens with one attached hydrogen (secondary N) is 1. The average Bonchev–Trinajstić information content (AvgIpc) is 2.53. The van der Waals surface area contributed by atoms with Crippen molar-refractivity contribution in [1.82, 2.24) is 5.43 Å². The molecule has 0 aromatic heterocycles. The second-order valence-electron chi connectivity index (χ2n) is 5.64. The molecule has 120 valence electrons. The topological polar surface area (TPSA) is 84.6 Å². The van der Waals surface area contributed by atoms with Crippen molar-refractivity contribution in [3.05, 3.63) is 63.7 Å². The molecule has 2 rings (SSSR count). The number of hydrogen-bond donors (Lipinski definition) is 1. The molecule has 1 aliphatic rings. The van der Waals surface area contributed by atoms with Gasteiger partial charge in [0.15, 0.2) is 0 Å². The number of carbonyl (C=O) groups excluding carboxylic acids is 1. The van der Waals surface area contributed by atoms with Crippen molar-refractivity contribution in [2.45, 2.75) is 26.7 Å². The van der Waals surface area contributed by atoms with Crippen LogP contribution in [0.2, 0.25) is 0 Å². The molecule has 6 heteroatoms. The Bertz CT molecular complexity index is 720. The van der Waals surface area contributed by atoms with E-state index < -0.39 is 10.8 Å². The molecule has 0 saturated heterocycles. The molecular formula is C17H19N3O3. The summed E-state index contributed by atoms with van der Waals surface area (Å²) in [5, 5.41) is 15.1. The van der Waals surface area contributed by atoms with Gasteiger partial charge in [-0.05, 0) is 44.2 Å². The van der Waals surface area contributed by atoms with Crippen LogP contribution in [0, 0.1) is 16.0 Å². The maximum Gasteiger partial charge on any atom is 0.282 e. The third kappa shape index (κ3) is 3.91. The van der Waals surface area contributed by atoms with Crippen molar-refractivity contribution in [2.75, 3.05) is 0 Å². The number of nitro groups is 1. The van der Waals surface area contributed by atoms with E-state index in [1.807, 2.05) is 13.8 Å². The SMILES string of the molecule is C=C(C)[C@H]1CC=C(C)C(=NNC(=O)c2ccccc2[N+](=O)[O-])C1. The first-order valence-electron chi connectivity index (χ1n) is 7.33. The van der Waals surface area contributed by atoms with E-state index in [2.05, 4.69) is 23.2 Å². The molecule has 1 aromatic rings. The second kappa shape index (κ2) is 7.00. The summed E-state index contributed by atoms with van der Waals surface area (Å²) in [5.41, 5.74) is 5.04. The number of nitrogens with zero attached hydrogens (tertiary/aromatic N) is 2. The molecule has 1 amide bonds. The molecule has 0 unspecified atom stereocenters. The summed E-state index contributed by atoms with van der Waals surface area (Å²) in [5.74, 6) is -0.282. The first-order chi connectivity index (χ1) is 10.9. The zero-order valence-corrected chi connectivity index (χ0v) is 13.2. The molecule has 0 fully saturated rings. The van der Waals surface area contributed by atoms with Gasteiger partial charge in [0, 0.05) is 6.07 Å². The Morgan fingerprint density at radius 3 is 2.78 bits per heavy atom. The Labute approximate surface area is 134 Å². The van der Waals surface area contributed by atoms with Gasteiger partial charge in [0.25, 0.3) is 11.6 Å². The van der Waals surface area contributed by atoms with Gasteiger partial charge in [-0.25, -0.2) is 5.43 Å². The minimum absolute atomic E-state index is 0.00394. The van der Waals surface area contributed by atoms with E-state index in [4.69, 9.17) is 0 Å². The fourth-order valence-electron chi connectivity index (χ4n) is 2.43. The molecule has 0 radical (unpaired) electrons. The van der Waals surface area contributed by atoms with Gasteiger partial charge < -0.3 is 0 Å². The van der Waals surface area contributed by atoms with Gasteiger partial charge in [-0.3, -0.25) is 14.9 Å². The van der Waals surface area contributed by atoms with E-state index in [1.54, 1.807) is 6.07 Å². The van der Waals surface area contributed by atoms with Crippen LogP contribution in [0.5, 0.6) is 0 Å². The third-order valence-corrected chi connectivity index (χ3v) is 3.94. The predicted molar refractivity (Wildman–Crippen MR) is 89.3 cm³/mol. The molecule has 23 heavy (non-hydrogen) atoms. The highest BCUT2D eigenvalue weighted by atomic mass is 16.6. The fraction of sp³-hybridized carbons (Fsp3) is 0.294. The number of para-hydroxylation sites is 1. The summed E-state index contributed by atoms with van der Waals surface area (Å²) in [6.45, 7) is 7.88. The van der Waals surface area contributed by atoms with Crippen molar-refractivity contribution >= 4 is 17.3 Å². The fourth-order valence-corrected chi connectivity index (χ4v) is 2.43. The highest BCUT2D eigenvalue weighted by molar-refractivity contribution is 6.03. The molecule has 1 atom stereocenters. The number of carbonyl (C=O) groups is 1. The lowest BCUT2D eigenvalue weighted by Crippen LogP contribution is -2.23. The van der Waals surface area contributed by atoms with Gasteiger partial charge in [-0.2, -0.15) is 5.10 Å². The maximum atomic E-state index is 12.2. The smallest absolute Gasteiger partial charge is 0.267 e. The Kier molecular flexibility index (Phi) is 5.05. The minimum atomic E-state index is -0.588. The van der Waals surface area contributed by atoms with Crippen molar-refractivity contribution in [1.29, 1.82) is 0 Å². The lowest BCUT2D eigenvalue weighted by molar-refractivity contribution is -0.385. The Morgan fingerprint density at radius 1 is 1.43 bits per heavy atom. The number of benzene rings is 1. The standard InChI is InChI=1S/C17H19N3O3/c1-11(2)13-9-8-12(3)15(10-13)18-19-17(21)14-6-4-5-7-16(14)20(22)23/h4-8,13H,1,9-10H2,2-3H3,(H,19,21)/t13-/m0/s1.